The van der Waals surface area contributed by atoms with E-state index < -0.39 is 0 Å². The van der Waals surface area contributed by atoms with Crippen molar-refractivity contribution in [1.29, 1.82) is 0 Å². The van der Waals surface area contributed by atoms with Crippen molar-refractivity contribution in [3.63, 3.8) is 0 Å². The molecule has 14 heavy (non-hydrogen) atoms. The average molecular weight is 278 g/mol. The first-order valence-electron chi connectivity index (χ1n) is 4.24. The number of thiazole rings is 1. The number of carbonyl (C=O) groups excluding carboxylic acids is 1. The van der Waals surface area contributed by atoms with Crippen LogP contribution in [0, 0.1) is 5.92 Å². The van der Waals surface area contributed by atoms with Crippen molar-refractivity contribution >= 4 is 33.2 Å². The number of carbonyl (C=O) groups is 1. The molecule has 0 saturated carbocycles. The van der Waals surface area contributed by atoms with Crippen molar-refractivity contribution in [2.45, 2.75) is 18.7 Å². The Morgan fingerprint density at radius 3 is 2.79 bits per heavy atom. The average Bonchev–Trinajstić information content (AvgIpc) is 2.64. The number of hydrogen-bond donors (Lipinski definition) is 0. The SMILES string of the molecule is COC(=O)c1csc(C(Br)C(C)C)n1. The highest BCUT2D eigenvalue weighted by atomic mass is 79.9. The highest BCUT2D eigenvalue weighted by molar-refractivity contribution is 9.09. The predicted octanol–water partition coefficient (Wildman–Crippen LogP) is 3.02. The lowest BCUT2D eigenvalue weighted by atomic mass is 10.1. The number of aromatic nitrogens is 1. The van der Waals surface area contributed by atoms with Gasteiger partial charge in [-0.3, -0.25) is 0 Å². The molecule has 0 fully saturated rings. The van der Waals surface area contributed by atoms with E-state index in [1.807, 2.05) is 0 Å². The monoisotopic (exact) mass is 277 g/mol. The normalized spacial score (nSPS) is 12.9. The molecule has 0 aliphatic rings. The van der Waals surface area contributed by atoms with Crippen molar-refractivity contribution in [2.75, 3.05) is 7.11 Å². The lowest BCUT2D eigenvalue weighted by Gasteiger charge is -2.09. The summed E-state index contributed by atoms with van der Waals surface area (Å²) in [5.74, 6) is 0.0719. The number of halogens is 1. The van der Waals surface area contributed by atoms with Crippen molar-refractivity contribution in [3.05, 3.63) is 16.1 Å². The Balaban J connectivity index is 2.82. The molecule has 78 valence electrons. The number of esters is 1. The first kappa shape index (κ1) is 11.7. The van der Waals surface area contributed by atoms with Crippen LogP contribution < -0.4 is 0 Å². The molecule has 1 rings (SSSR count). The maximum atomic E-state index is 11.1. The third-order valence-electron chi connectivity index (χ3n) is 1.74. The first-order valence-corrected chi connectivity index (χ1v) is 6.03. The van der Waals surface area contributed by atoms with Gasteiger partial charge in [-0.25, -0.2) is 9.78 Å². The highest BCUT2D eigenvalue weighted by Gasteiger charge is 2.18. The summed E-state index contributed by atoms with van der Waals surface area (Å²) in [4.78, 5) is 15.5. The molecule has 0 bridgehead atoms. The molecule has 0 spiro atoms. The molecule has 0 amide bonds. The molecule has 0 radical (unpaired) electrons. The van der Waals surface area contributed by atoms with Gasteiger partial charge in [0.05, 0.1) is 11.9 Å². The number of hydrogen-bond acceptors (Lipinski definition) is 4. The molecule has 0 aliphatic heterocycles. The minimum atomic E-state index is -0.379. The molecule has 0 aromatic carbocycles. The van der Waals surface area contributed by atoms with E-state index in [0.717, 1.165) is 5.01 Å². The van der Waals surface area contributed by atoms with Crippen molar-refractivity contribution in [1.82, 2.24) is 4.98 Å². The van der Waals surface area contributed by atoms with Gasteiger partial charge in [0.25, 0.3) is 0 Å². The summed E-state index contributed by atoms with van der Waals surface area (Å²) >= 11 is 5.00. The number of alkyl halides is 1. The van der Waals surface area contributed by atoms with Gasteiger partial charge < -0.3 is 4.74 Å². The van der Waals surface area contributed by atoms with Crippen molar-refractivity contribution in [2.24, 2.45) is 5.92 Å². The third-order valence-corrected chi connectivity index (χ3v) is 4.46. The van der Waals surface area contributed by atoms with E-state index in [1.54, 1.807) is 5.38 Å². The van der Waals surface area contributed by atoms with E-state index in [0.29, 0.717) is 11.6 Å². The second-order valence-electron chi connectivity index (χ2n) is 3.21. The molecule has 5 heteroatoms. The second-order valence-corrected chi connectivity index (χ2v) is 5.08. The highest BCUT2D eigenvalue weighted by Crippen LogP contribution is 2.32. The molecular formula is C9H12BrNO2S. The fourth-order valence-corrected chi connectivity index (χ4v) is 2.26. The van der Waals surface area contributed by atoms with Crippen LogP contribution in [0.1, 0.15) is 34.2 Å². The fourth-order valence-electron chi connectivity index (χ4n) is 0.898. The van der Waals surface area contributed by atoms with Crippen LogP contribution >= 0.6 is 27.3 Å². The van der Waals surface area contributed by atoms with Gasteiger partial charge in [0.2, 0.25) is 0 Å². The molecule has 0 aliphatic carbocycles. The lowest BCUT2D eigenvalue weighted by molar-refractivity contribution is 0.0594. The Kier molecular flexibility index (Phi) is 4.07. The number of ether oxygens (including phenoxy) is 1. The smallest absolute Gasteiger partial charge is 0.357 e. The Morgan fingerprint density at radius 1 is 1.64 bits per heavy atom. The van der Waals surface area contributed by atoms with Gasteiger partial charge in [-0.1, -0.05) is 29.8 Å². The molecule has 1 atom stereocenters. The standard InChI is InChI=1S/C9H12BrNO2S/c1-5(2)7(10)8-11-6(4-14-8)9(12)13-3/h4-5,7H,1-3H3. The minimum Gasteiger partial charge on any atom is -0.464 e. The predicted molar refractivity (Wildman–Crippen MR) is 60.0 cm³/mol. The van der Waals surface area contributed by atoms with E-state index in [1.165, 1.54) is 18.4 Å². The second kappa shape index (κ2) is 4.89. The summed E-state index contributed by atoms with van der Waals surface area (Å²) in [5.41, 5.74) is 0.387. The fraction of sp³-hybridized carbons (Fsp3) is 0.556. The van der Waals surface area contributed by atoms with Gasteiger partial charge in [-0.2, -0.15) is 0 Å². The molecule has 0 N–H and O–H groups in total. The summed E-state index contributed by atoms with van der Waals surface area (Å²) in [7, 11) is 1.36. The topological polar surface area (TPSA) is 39.2 Å². The Hall–Kier alpha value is -0.420. The molecule has 0 saturated heterocycles. The maximum Gasteiger partial charge on any atom is 0.357 e. The summed E-state index contributed by atoms with van der Waals surface area (Å²) in [6.07, 6.45) is 0. The third kappa shape index (κ3) is 2.54. The maximum absolute atomic E-state index is 11.1. The van der Waals surface area contributed by atoms with Gasteiger partial charge in [0.1, 0.15) is 5.01 Å². The summed E-state index contributed by atoms with van der Waals surface area (Å²) in [6, 6.07) is 0. The van der Waals surface area contributed by atoms with E-state index in [9.17, 15) is 4.79 Å². The van der Waals surface area contributed by atoms with Crippen LogP contribution in [0.15, 0.2) is 5.38 Å². The van der Waals surface area contributed by atoms with Crippen LogP contribution in [-0.4, -0.2) is 18.1 Å². The zero-order valence-corrected chi connectivity index (χ0v) is 10.7. The van der Waals surface area contributed by atoms with E-state index >= 15 is 0 Å². The molecule has 1 heterocycles. The van der Waals surface area contributed by atoms with E-state index in [2.05, 4.69) is 39.5 Å². The summed E-state index contributed by atoms with van der Waals surface area (Å²) in [5, 5.41) is 2.64. The number of rotatable bonds is 3. The largest absolute Gasteiger partial charge is 0.464 e. The Labute approximate surface area is 95.6 Å². The van der Waals surface area contributed by atoms with Crippen LogP contribution in [0.5, 0.6) is 0 Å². The molecule has 1 aromatic heterocycles. The van der Waals surface area contributed by atoms with Gasteiger partial charge in [0.15, 0.2) is 5.69 Å². The van der Waals surface area contributed by atoms with E-state index in [4.69, 9.17) is 0 Å². The Morgan fingerprint density at radius 2 is 2.29 bits per heavy atom. The lowest BCUT2D eigenvalue weighted by Crippen LogP contribution is -2.03. The minimum absolute atomic E-state index is 0.200. The van der Waals surface area contributed by atoms with Crippen LogP contribution in [0.2, 0.25) is 0 Å². The number of methoxy groups -OCH3 is 1. The summed E-state index contributed by atoms with van der Waals surface area (Å²) in [6.45, 7) is 4.19. The van der Waals surface area contributed by atoms with Gasteiger partial charge in [-0.05, 0) is 5.92 Å². The van der Waals surface area contributed by atoms with Crippen LogP contribution in [0.4, 0.5) is 0 Å². The Bertz CT molecular complexity index is 324. The van der Waals surface area contributed by atoms with Crippen LogP contribution in [0.3, 0.4) is 0 Å². The molecule has 1 unspecified atom stereocenters. The summed E-state index contributed by atoms with van der Waals surface area (Å²) < 4.78 is 4.58. The van der Waals surface area contributed by atoms with Crippen LogP contribution in [0.25, 0.3) is 0 Å². The quantitative estimate of drug-likeness (QED) is 0.630. The van der Waals surface area contributed by atoms with Crippen LogP contribution in [-0.2, 0) is 4.74 Å². The van der Waals surface area contributed by atoms with Crippen molar-refractivity contribution < 1.29 is 9.53 Å². The molecule has 3 nitrogen and oxygen atoms in total. The van der Waals surface area contributed by atoms with Gasteiger partial charge in [-0.15, -0.1) is 11.3 Å². The van der Waals surface area contributed by atoms with Gasteiger partial charge in [0, 0.05) is 5.38 Å². The van der Waals surface area contributed by atoms with Gasteiger partial charge >= 0.3 is 5.97 Å². The molecule has 1 aromatic rings. The molecular weight excluding hydrogens is 266 g/mol. The van der Waals surface area contributed by atoms with E-state index in [-0.39, 0.29) is 10.8 Å². The number of nitrogens with zero attached hydrogens (tertiary/aromatic N) is 1. The zero-order valence-electron chi connectivity index (χ0n) is 8.28. The first-order chi connectivity index (χ1) is 6.56. The van der Waals surface area contributed by atoms with Crippen molar-refractivity contribution in [3.8, 4) is 0 Å². The zero-order chi connectivity index (χ0) is 10.7.